The van der Waals surface area contributed by atoms with E-state index in [1.807, 2.05) is 13.1 Å². The number of carbonyl (C=O) groups excluding carboxylic acids is 1. The Hall–Kier alpha value is -2.21. The Labute approximate surface area is 132 Å². The van der Waals surface area contributed by atoms with Crippen LogP contribution in [0.3, 0.4) is 0 Å². The Morgan fingerprint density at radius 1 is 1.36 bits per heavy atom. The van der Waals surface area contributed by atoms with Crippen LogP contribution in [0.4, 0.5) is 0 Å². The van der Waals surface area contributed by atoms with Gasteiger partial charge in [-0.1, -0.05) is 17.4 Å². The first-order valence-electron chi connectivity index (χ1n) is 7.19. The van der Waals surface area contributed by atoms with E-state index >= 15 is 0 Å². The summed E-state index contributed by atoms with van der Waals surface area (Å²) in [6.07, 6.45) is 1.82. The van der Waals surface area contributed by atoms with Crippen LogP contribution in [0.1, 0.15) is 28.5 Å². The van der Waals surface area contributed by atoms with Gasteiger partial charge < -0.3 is 4.57 Å². The van der Waals surface area contributed by atoms with Gasteiger partial charge in [0.25, 0.3) is 5.91 Å². The first-order chi connectivity index (χ1) is 10.5. The van der Waals surface area contributed by atoms with Crippen molar-refractivity contribution in [3.63, 3.8) is 0 Å². The highest BCUT2D eigenvalue weighted by atomic mass is 32.1. The van der Waals surface area contributed by atoms with Crippen LogP contribution in [0.5, 0.6) is 0 Å². The average Bonchev–Trinajstić information content (AvgIpc) is 2.97. The number of hydrogen-bond donors (Lipinski definition) is 0. The van der Waals surface area contributed by atoms with Crippen LogP contribution in [0.2, 0.25) is 0 Å². The monoisotopic (exact) mass is 314 g/mol. The molecule has 0 spiro atoms. The lowest BCUT2D eigenvalue weighted by Gasteiger charge is -2.00. The van der Waals surface area contributed by atoms with Gasteiger partial charge in [0.15, 0.2) is 10.5 Å². The Kier molecular flexibility index (Phi) is 3.70. The van der Waals surface area contributed by atoms with Crippen molar-refractivity contribution >= 4 is 27.5 Å². The van der Waals surface area contributed by atoms with E-state index in [1.54, 1.807) is 11.7 Å². The number of carbonyl (C=O) groups is 1. The standard InChI is InChI=1S/C16H18N4OS/c1-5-20-12-7-6-10(2)8-13(12)22-16(20)17-15(21)14-11(3)9-19(4)18-14/h6-9H,5H2,1-4H3. The summed E-state index contributed by atoms with van der Waals surface area (Å²) in [6, 6.07) is 6.29. The Morgan fingerprint density at radius 2 is 2.14 bits per heavy atom. The molecule has 2 heterocycles. The highest BCUT2D eigenvalue weighted by Gasteiger charge is 2.13. The van der Waals surface area contributed by atoms with Crippen LogP contribution in [0.25, 0.3) is 10.2 Å². The van der Waals surface area contributed by atoms with Crippen molar-refractivity contribution < 1.29 is 4.79 Å². The zero-order valence-corrected chi connectivity index (χ0v) is 13.9. The zero-order chi connectivity index (χ0) is 15.9. The molecule has 1 aromatic carbocycles. The smallest absolute Gasteiger partial charge is 0.300 e. The van der Waals surface area contributed by atoms with Gasteiger partial charge in [0, 0.05) is 25.4 Å². The van der Waals surface area contributed by atoms with Crippen LogP contribution < -0.4 is 4.80 Å². The minimum absolute atomic E-state index is 0.288. The molecule has 3 aromatic rings. The number of nitrogens with zero attached hydrogens (tertiary/aromatic N) is 4. The lowest BCUT2D eigenvalue weighted by molar-refractivity contribution is 0.0992. The van der Waals surface area contributed by atoms with E-state index < -0.39 is 0 Å². The molecule has 22 heavy (non-hydrogen) atoms. The average molecular weight is 314 g/mol. The van der Waals surface area contributed by atoms with Crippen LogP contribution in [0, 0.1) is 13.8 Å². The van der Waals surface area contributed by atoms with Crippen molar-refractivity contribution in [3.8, 4) is 0 Å². The Morgan fingerprint density at radius 3 is 2.77 bits per heavy atom. The molecule has 0 aliphatic carbocycles. The van der Waals surface area contributed by atoms with Gasteiger partial charge in [-0.2, -0.15) is 10.1 Å². The highest BCUT2D eigenvalue weighted by Crippen LogP contribution is 2.19. The number of aromatic nitrogens is 3. The van der Waals surface area contributed by atoms with Crippen LogP contribution in [0.15, 0.2) is 29.4 Å². The van der Waals surface area contributed by atoms with Gasteiger partial charge in [-0.25, -0.2) is 0 Å². The number of hydrogen-bond acceptors (Lipinski definition) is 3. The Balaban J connectivity index is 2.16. The maximum Gasteiger partial charge on any atom is 0.300 e. The quantitative estimate of drug-likeness (QED) is 0.730. The number of rotatable bonds is 2. The Bertz CT molecular complexity index is 929. The first kappa shape index (κ1) is 14.7. The maximum atomic E-state index is 12.4. The second kappa shape index (κ2) is 5.53. The number of benzene rings is 1. The number of amides is 1. The molecule has 0 aliphatic rings. The van der Waals surface area contributed by atoms with E-state index in [4.69, 9.17) is 0 Å². The number of thiazole rings is 1. The molecule has 0 aliphatic heterocycles. The summed E-state index contributed by atoms with van der Waals surface area (Å²) in [6.45, 7) is 6.77. The van der Waals surface area contributed by atoms with Gasteiger partial charge in [0.1, 0.15) is 0 Å². The van der Waals surface area contributed by atoms with Crippen molar-refractivity contribution in [2.45, 2.75) is 27.3 Å². The predicted octanol–water partition coefficient (Wildman–Crippen LogP) is 2.81. The van der Waals surface area contributed by atoms with E-state index in [2.05, 4.69) is 46.7 Å². The fourth-order valence-corrected chi connectivity index (χ4v) is 3.72. The third-order valence-electron chi connectivity index (χ3n) is 3.57. The summed E-state index contributed by atoms with van der Waals surface area (Å²) in [7, 11) is 1.80. The molecule has 5 nitrogen and oxygen atoms in total. The highest BCUT2D eigenvalue weighted by molar-refractivity contribution is 7.16. The normalized spacial score (nSPS) is 12.3. The molecule has 1 amide bonds. The lowest BCUT2D eigenvalue weighted by Crippen LogP contribution is -2.16. The zero-order valence-electron chi connectivity index (χ0n) is 13.1. The maximum absolute atomic E-state index is 12.4. The summed E-state index contributed by atoms with van der Waals surface area (Å²) < 4.78 is 4.85. The van der Waals surface area contributed by atoms with E-state index in [-0.39, 0.29) is 5.91 Å². The molecule has 0 saturated heterocycles. The molecular weight excluding hydrogens is 296 g/mol. The molecule has 114 valence electrons. The summed E-state index contributed by atoms with van der Waals surface area (Å²) >= 11 is 1.54. The molecule has 6 heteroatoms. The fourth-order valence-electron chi connectivity index (χ4n) is 2.53. The molecule has 0 N–H and O–H groups in total. The van der Waals surface area contributed by atoms with Crippen molar-refractivity contribution in [2.24, 2.45) is 12.0 Å². The SMILES string of the molecule is CCn1c(=NC(=O)c2nn(C)cc2C)sc2cc(C)ccc21. The third kappa shape index (κ3) is 2.50. The largest absolute Gasteiger partial charge is 0.317 e. The molecule has 0 atom stereocenters. The van der Waals surface area contributed by atoms with Crippen molar-refractivity contribution in [2.75, 3.05) is 0 Å². The van der Waals surface area contributed by atoms with E-state index in [9.17, 15) is 4.79 Å². The number of aryl methyl sites for hydroxylation is 4. The molecule has 0 bridgehead atoms. The second-order valence-electron chi connectivity index (χ2n) is 5.35. The minimum atomic E-state index is -0.288. The predicted molar refractivity (Wildman–Crippen MR) is 88.1 cm³/mol. The van der Waals surface area contributed by atoms with Gasteiger partial charge in [-0.05, 0) is 38.5 Å². The molecule has 0 radical (unpaired) electrons. The van der Waals surface area contributed by atoms with Crippen molar-refractivity contribution in [3.05, 3.63) is 46.0 Å². The van der Waals surface area contributed by atoms with Gasteiger partial charge in [0.05, 0.1) is 10.2 Å². The molecule has 0 unspecified atom stereocenters. The van der Waals surface area contributed by atoms with E-state index in [0.29, 0.717) is 5.69 Å². The molecule has 3 rings (SSSR count). The topological polar surface area (TPSA) is 52.2 Å². The van der Waals surface area contributed by atoms with Crippen molar-refractivity contribution in [1.29, 1.82) is 0 Å². The first-order valence-corrected chi connectivity index (χ1v) is 8.00. The lowest BCUT2D eigenvalue weighted by atomic mass is 10.2. The van der Waals surface area contributed by atoms with E-state index in [1.165, 1.54) is 16.9 Å². The number of fused-ring (bicyclic) bond motifs is 1. The van der Waals surface area contributed by atoms with Gasteiger partial charge >= 0.3 is 0 Å². The molecule has 2 aromatic heterocycles. The second-order valence-corrected chi connectivity index (χ2v) is 6.36. The van der Waals surface area contributed by atoms with Crippen molar-refractivity contribution in [1.82, 2.24) is 14.3 Å². The fraction of sp³-hybridized carbons (Fsp3) is 0.312. The van der Waals surface area contributed by atoms with Gasteiger partial charge in [0.2, 0.25) is 0 Å². The van der Waals surface area contributed by atoms with Crippen LogP contribution >= 0.6 is 11.3 Å². The van der Waals surface area contributed by atoms with E-state index in [0.717, 1.165) is 27.1 Å². The minimum Gasteiger partial charge on any atom is -0.317 e. The summed E-state index contributed by atoms with van der Waals surface area (Å²) in [4.78, 5) is 17.4. The van der Waals surface area contributed by atoms with Gasteiger partial charge in [-0.3, -0.25) is 9.48 Å². The summed E-state index contributed by atoms with van der Waals surface area (Å²) in [5.41, 5.74) is 3.58. The molecule has 0 saturated carbocycles. The van der Waals surface area contributed by atoms with Crippen LogP contribution in [-0.4, -0.2) is 20.3 Å². The third-order valence-corrected chi connectivity index (χ3v) is 4.61. The molecule has 0 fully saturated rings. The summed E-state index contributed by atoms with van der Waals surface area (Å²) in [5, 5.41) is 4.20. The molecular formula is C16H18N4OS. The summed E-state index contributed by atoms with van der Waals surface area (Å²) in [5.74, 6) is -0.288. The van der Waals surface area contributed by atoms with Crippen LogP contribution in [-0.2, 0) is 13.6 Å². The van der Waals surface area contributed by atoms with Gasteiger partial charge in [-0.15, -0.1) is 0 Å².